The number of imidazole rings is 1. The summed E-state index contributed by atoms with van der Waals surface area (Å²) in [7, 11) is 3.63. The highest BCUT2D eigenvalue weighted by Crippen LogP contribution is 2.26. The first-order chi connectivity index (χ1) is 10.1. The van der Waals surface area contributed by atoms with Crippen molar-refractivity contribution in [3.63, 3.8) is 0 Å². The quantitative estimate of drug-likeness (QED) is 0.846. The van der Waals surface area contributed by atoms with E-state index in [0.717, 1.165) is 35.7 Å². The number of hydrogen-bond acceptors (Lipinski definition) is 4. The summed E-state index contributed by atoms with van der Waals surface area (Å²) in [6.45, 7) is 2.56. The van der Waals surface area contributed by atoms with Crippen molar-refractivity contribution in [1.29, 1.82) is 0 Å². The Kier molecular flexibility index (Phi) is 5.22. The SMILES string of the molecule is COc1ccc(CC(C)N)c(OCCc2nccn2C)c1. The van der Waals surface area contributed by atoms with Crippen LogP contribution in [0.5, 0.6) is 11.5 Å². The number of ether oxygens (including phenoxy) is 2. The Morgan fingerprint density at radius 1 is 1.38 bits per heavy atom. The molecule has 2 N–H and O–H groups in total. The van der Waals surface area contributed by atoms with Crippen molar-refractivity contribution in [1.82, 2.24) is 9.55 Å². The molecule has 1 aromatic carbocycles. The van der Waals surface area contributed by atoms with Gasteiger partial charge in [0.25, 0.3) is 0 Å². The van der Waals surface area contributed by atoms with E-state index >= 15 is 0 Å². The Balaban J connectivity index is 2.04. The lowest BCUT2D eigenvalue weighted by Crippen LogP contribution is -2.18. The van der Waals surface area contributed by atoms with Crippen molar-refractivity contribution in [2.45, 2.75) is 25.8 Å². The van der Waals surface area contributed by atoms with Crippen LogP contribution in [-0.2, 0) is 19.9 Å². The maximum atomic E-state index is 5.92. The van der Waals surface area contributed by atoms with Crippen molar-refractivity contribution in [2.75, 3.05) is 13.7 Å². The van der Waals surface area contributed by atoms with Crippen molar-refractivity contribution in [2.24, 2.45) is 12.8 Å². The van der Waals surface area contributed by atoms with Gasteiger partial charge >= 0.3 is 0 Å². The molecule has 0 saturated heterocycles. The van der Waals surface area contributed by atoms with Gasteiger partial charge in [-0.05, 0) is 25.0 Å². The first-order valence-electron chi connectivity index (χ1n) is 7.11. The maximum absolute atomic E-state index is 5.92. The molecule has 0 amide bonds. The molecule has 21 heavy (non-hydrogen) atoms. The average molecular weight is 289 g/mol. The molecule has 1 atom stereocenters. The fourth-order valence-corrected chi connectivity index (χ4v) is 2.20. The lowest BCUT2D eigenvalue weighted by Gasteiger charge is -2.14. The highest BCUT2D eigenvalue weighted by molar-refractivity contribution is 5.41. The molecule has 0 radical (unpaired) electrons. The Labute approximate surface area is 125 Å². The van der Waals surface area contributed by atoms with E-state index in [0.29, 0.717) is 6.61 Å². The summed E-state index contributed by atoms with van der Waals surface area (Å²) in [5, 5.41) is 0. The van der Waals surface area contributed by atoms with Gasteiger partial charge in [-0.3, -0.25) is 0 Å². The van der Waals surface area contributed by atoms with E-state index in [-0.39, 0.29) is 6.04 Å². The molecular weight excluding hydrogens is 266 g/mol. The summed E-state index contributed by atoms with van der Waals surface area (Å²) in [5.74, 6) is 2.63. The molecule has 0 bridgehead atoms. The second-order valence-corrected chi connectivity index (χ2v) is 5.21. The molecule has 0 spiro atoms. The lowest BCUT2D eigenvalue weighted by atomic mass is 10.1. The summed E-state index contributed by atoms with van der Waals surface area (Å²) >= 11 is 0. The van der Waals surface area contributed by atoms with Crippen LogP contribution in [0.2, 0.25) is 0 Å². The predicted octanol–water partition coefficient (Wildman–Crippen LogP) is 1.94. The van der Waals surface area contributed by atoms with Gasteiger partial charge in [0.1, 0.15) is 17.3 Å². The van der Waals surface area contributed by atoms with Crippen molar-refractivity contribution in [3.05, 3.63) is 42.0 Å². The Bertz CT molecular complexity index is 579. The molecule has 1 aromatic heterocycles. The predicted molar refractivity (Wildman–Crippen MR) is 82.8 cm³/mol. The molecule has 1 unspecified atom stereocenters. The first-order valence-corrected chi connectivity index (χ1v) is 7.11. The van der Waals surface area contributed by atoms with E-state index in [2.05, 4.69) is 4.98 Å². The van der Waals surface area contributed by atoms with Gasteiger partial charge in [-0.25, -0.2) is 4.98 Å². The summed E-state index contributed by atoms with van der Waals surface area (Å²) in [6.07, 6.45) is 5.27. The van der Waals surface area contributed by atoms with Gasteiger partial charge in [0, 0.05) is 38.0 Å². The Hall–Kier alpha value is -2.01. The van der Waals surface area contributed by atoms with Crippen LogP contribution in [0.1, 0.15) is 18.3 Å². The van der Waals surface area contributed by atoms with E-state index in [1.54, 1.807) is 13.3 Å². The van der Waals surface area contributed by atoms with Crippen LogP contribution in [0.3, 0.4) is 0 Å². The van der Waals surface area contributed by atoms with Crippen molar-refractivity contribution < 1.29 is 9.47 Å². The third kappa shape index (κ3) is 4.23. The minimum Gasteiger partial charge on any atom is -0.497 e. The molecule has 0 fully saturated rings. The number of hydrogen-bond donors (Lipinski definition) is 1. The van der Waals surface area contributed by atoms with Crippen LogP contribution in [0.4, 0.5) is 0 Å². The zero-order valence-corrected chi connectivity index (χ0v) is 12.9. The van der Waals surface area contributed by atoms with Gasteiger partial charge in [0.05, 0.1) is 13.7 Å². The zero-order valence-electron chi connectivity index (χ0n) is 12.9. The molecule has 0 aliphatic heterocycles. The van der Waals surface area contributed by atoms with E-state index in [4.69, 9.17) is 15.2 Å². The standard InChI is InChI=1S/C16H23N3O2/c1-12(17)10-13-4-5-14(20-3)11-15(13)21-9-6-16-18-7-8-19(16)2/h4-5,7-8,11-12H,6,9-10,17H2,1-3H3. The molecular formula is C16H23N3O2. The third-order valence-electron chi connectivity index (χ3n) is 3.32. The fourth-order valence-electron chi connectivity index (χ4n) is 2.20. The summed E-state index contributed by atoms with van der Waals surface area (Å²) in [6, 6.07) is 5.95. The van der Waals surface area contributed by atoms with E-state index in [9.17, 15) is 0 Å². The van der Waals surface area contributed by atoms with Gasteiger partial charge in [-0.1, -0.05) is 6.07 Å². The monoisotopic (exact) mass is 289 g/mol. The largest absolute Gasteiger partial charge is 0.497 e. The summed E-state index contributed by atoms with van der Waals surface area (Å²) in [5.41, 5.74) is 6.99. The van der Waals surface area contributed by atoms with Crippen molar-refractivity contribution in [3.8, 4) is 11.5 Å². The molecule has 5 nitrogen and oxygen atoms in total. The Morgan fingerprint density at radius 3 is 2.81 bits per heavy atom. The number of aromatic nitrogens is 2. The topological polar surface area (TPSA) is 62.3 Å². The maximum Gasteiger partial charge on any atom is 0.126 e. The zero-order chi connectivity index (χ0) is 15.2. The van der Waals surface area contributed by atoms with E-state index in [1.165, 1.54) is 0 Å². The second kappa shape index (κ2) is 7.13. The van der Waals surface area contributed by atoms with Gasteiger partial charge in [0.2, 0.25) is 0 Å². The molecule has 114 valence electrons. The molecule has 2 aromatic rings. The van der Waals surface area contributed by atoms with Crippen LogP contribution in [-0.4, -0.2) is 29.3 Å². The summed E-state index contributed by atoms with van der Waals surface area (Å²) < 4.78 is 13.2. The first kappa shape index (κ1) is 15.4. The minimum absolute atomic E-state index is 0.0929. The van der Waals surface area contributed by atoms with Gasteiger partial charge < -0.3 is 19.8 Å². The minimum atomic E-state index is 0.0929. The van der Waals surface area contributed by atoms with Crippen LogP contribution < -0.4 is 15.2 Å². The fraction of sp³-hybridized carbons (Fsp3) is 0.438. The van der Waals surface area contributed by atoms with Crippen molar-refractivity contribution >= 4 is 0 Å². The second-order valence-electron chi connectivity index (χ2n) is 5.21. The average Bonchev–Trinajstić information content (AvgIpc) is 2.85. The lowest BCUT2D eigenvalue weighted by molar-refractivity contribution is 0.311. The van der Waals surface area contributed by atoms with E-state index < -0.39 is 0 Å². The number of methoxy groups -OCH3 is 1. The molecule has 1 heterocycles. The van der Waals surface area contributed by atoms with Crippen LogP contribution in [0.25, 0.3) is 0 Å². The molecule has 2 rings (SSSR count). The number of aryl methyl sites for hydroxylation is 1. The highest BCUT2D eigenvalue weighted by Gasteiger charge is 2.09. The van der Waals surface area contributed by atoms with Gasteiger partial charge in [-0.15, -0.1) is 0 Å². The smallest absolute Gasteiger partial charge is 0.126 e. The summed E-state index contributed by atoms with van der Waals surface area (Å²) in [4.78, 5) is 4.29. The normalized spacial score (nSPS) is 12.2. The highest BCUT2D eigenvalue weighted by atomic mass is 16.5. The molecule has 0 saturated carbocycles. The van der Waals surface area contributed by atoms with E-state index in [1.807, 2.05) is 42.9 Å². The van der Waals surface area contributed by atoms with Gasteiger partial charge in [-0.2, -0.15) is 0 Å². The van der Waals surface area contributed by atoms with Crippen LogP contribution in [0.15, 0.2) is 30.6 Å². The number of nitrogens with two attached hydrogens (primary N) is 1. The molecule has 5 heteroatoms. The number of rotatable bonds is 7. The molecule has 0 aliphatic carbocycles. The number of nitrogens with zero attached hydrogens (tertiary/aromatic N) is 2. The third-order valence-corrected chi connectivity index (χ3v) is 3.32. The van der Waals surface area contributed by atoms with Crippen LogP contribution >= 0.6 is 0 Å². The Morgan fingerprint density at radius 2 is 2.19 bits per heavy atom. The molecule has 0 aliphatic rings. The van der Waals surface area contributed by atoms with Crippen LogP contribution in [0, 0.1) is 0 Å². The number of benzene rings is 1. The van der Waals surface area contributed by atoms with Gasteiger partial charge in [0.15, 0.2) is 0 Å².